The van der Waals surface area contributed by atoms with E-state index in [1.54, 1.807) is 12.5 Å². The maximum absolute atomic E-state index is 12.1. The monoisotopic (exact) mass is 326 g/mol. The van der Waals surface area contributed by atoms with Gasteiger partial charge >= 0.3 is 0 Å². The van der Waals surface area contributed by atoms with E-state index in [0.717, 1.165) is 10.4 Å². The predicted octanol–water partition coefficient (Wildman–Crippen LogP) is 2.72. The number of H-pyrrole nitrogens is 1. The Morgan fingerprint density at radius 2 is 2.19 bits per heavy atom. The molecular weight excluding hydrogens is 312 g/mol. The second kappa shape index (κ2) is 5.97. The Morgan fingerprint density at radius 3 is 2.81 bits per heavy atom. The molecule has 0 aromatic carbocycles. The molecule has 112 valence electrons. The van der Waals surface area contributed by atoms with Crippen molar-refractivity contribution in [2.45, 2.75) is 19.9 Å². The van der Waals surface area contributed by atoms with Crippen LogP contribution in [0.3, 0.4) is 0 Å². The number of hydrogen-bond donors (Lipinski definition) is 2. The van der Waals surface area contributed by atoms with Crippen molar-refractivity contribution in [2.75, 3.05) is 0 Å². The molecule has 1 unspecified atom stereocenters. The number of thiophene rings is 1. The van der Waals surface area contributed by atoms with Gasteiger partial charge in [-0.05, 0) is 12.0 Å². The average molecular weight is 327 g/mol. The average Bonchev–Trinajstić information content (AvgIpc) is 3.05. The van der Waals surface area contributed by atoms with E-state index >= 15 is 0 Å². The molecule has 6 nitrogen and oxygen atoms in total. The maximum Gasteiger partial charge on any atom is 0.268 e. The first-order valence-electron chi connectivity index (χ1n) is 6.25. The fourth-order valence-corrected chi connectivity index (χ4v) is 2.86. The van der Waals surface area contributed by atoms with Crippen LogP contribution in [0.2, 0.25) is 0 Å². The summed E-state index contributed by atoms with van der Waals surface area (Å²) >= 11 is 1.36. The highest BCUT2D eigenvalue weighted by Gasteiger charge is 2.17. The summed E-state index contributed by atoms with van der Waals surface area (Å²) in [5.41, 5.74) is 7.38. The molecule has 3 aromatic heterocycles. The number of fused-ring (bicyclic) bond motifs is 1. The molecule has 8 heteroatoms. The number of rotatable bonds is 3. The summed E-state index contributed by atoms with van der Waals surface area (Å²) < 4.78 is 5.40. The zero-order valence-corrected chi connectivity index (χ0v) is 13.1. The van der Waals surface area contributed by atoms with Gasteiger partial charge in [0.05, 0.1) is 23.3 Å². The molecule has 21 heavy (non-hydrogen) atoms. The molecule has 0 saturated heterocycles. The van der Waals surface area contributed by atoms with Crippen LogP contribution in [0.15, 0.2) is 27.8 Å². The van der Waals surface area contributed by atoms with E-state index in [1.807, 2.05) is 19.9 Å². The molecular formula is C13H15ClN4O2S. The minimum Gasteiger partial charge on any atom is -0.364 e. The molecule has 0 amide bonds. The number of nitrogens with one attached hydrogen (secondary N) is 1. The quantitative estimate of drug-likeness (QED) is 0.771. The van der Waals surface area contributed by atoms with E-state index in [4.69, 9.17) is 10.3 Å². The molecule has 0 aliphatic rings. The smallest absolute Gasteiger partial charge is 0.268 e. The third kappa shape index (κ3) is 2.85. The summed E-state index contributed by atoms with van der Waals surface area (Å²) in [6.45, 7) is 3.98. The van der Waals surface area contributed by atoms with Crippen molar-refractivity contribution in [2.24, 2.45) is 11.7 Å². The van der Waals surface area contributed by atoms with E-state index in [0.29, 0.717) is 16.0 Å². The number of halogens is 1. The van der Waals surface area contributed by atoms with E-state index in [-0.39, 0.29) is 29.9 Å². The molecule has 3 rings (SSSR count). The summed E-state index contributed by atoms with van der Waals surface area (Å²) in [7, 11) is 0. The highest BCUT2D eigenvalue weighted by molar-refractivity contribution is 7.22. The number of aromatic amines is 1. The Kier molecular flexibility index (Phi) is 4.46. The van der Waals surface area contributed by atoms with Crippen LogP contribution in [0.25, 0.3) is 20.7 Å². The van der Waals surface area contributed by atoms with Crippen LogP contribution in [0.4, 0.5) is 0 Å². The van der Waals surface area contributed by atoms with Gasteiger partial charge < -0.3 is 15.2 Å². The van der Waals surface area contributed by atoms with Gasteiger partial charge in [0.15, 0.2) is 0 Å². The first-order valence-corrected chi connectivity index (χ1v) is 7.07. The van der Waals surface area contributed by atoms with Crippen LogP contribution in [0, 0.1) is 5.92 Å². The number of nitrogens with two attached hydrogens (primary N) is 1. The van der Waals surface area contributed by atoms with Crippen LogP contribution in [0.5, 0.6) is 0 Å². The van der Waals surface area contributed by atoms with Crippen molar-refractivity contribution in [1.29, 1.82) is 0 Å². The molecule has 0 aliphatic carbocycles. The zero-order chi connectivity index (χ0) is 14.3. The molecule has 3 aromatic rings. The van der Waals surface area contributed by atoms with Gasteiger partial charge in [-0.3, -0.25) is 4.79 Å². The van der Waals surface area contributed by atoms with Crippen LogP contribution in [-0.4, -0.2) is 15.1 Å². The minimum absolute atomic E-state index is 0. The lowest BCUT2D eigenvalue weighted by molar-refractivity contribution is 0.420. The first-order chi connectivity index (χ1) is 9.56. The third-order valence-electron chi connectivity index (χ3n) is 3.15. The Balaban J connectivity index is 0.00000161. The van der Waals surface area contributed by atoms with E-state index < -0.39 is 0 Å². The zero-order valence-electron chi connectivity index (χ0n) is 11.5. The summed E-state index contributed by atoms with van der Waals surface area (Å²) in [4.78, 5) is 20.3. The van der Waals surface area contributed by atoms with Gasteiger partial charge in [-0.15, -0.1) is 23.7 Å². The standard InChI is InChI=1S/C13H14N4O2S.ClH/c1-6(2)10(14)12-16-8-3-9(7-4-15-19-5-7)20-11(8)13(18)17-12;/h3-6,10H,14H2,1-2H3,(H,16,17,18);1H. The van der Waals surface area contributed by atoms with Crippen LogP contribution in [0.1, 0.15) is 25.7 Å². The van der Waals surface area contributed by atoms with E-state index in [9.17, 15) is 4.79 Å². The third-order valence-corrected chi connectivity index (χ3v) is 4.32. The van der Waals surface area contributed by atoms with Gasteiger partial charge in [-0.25, -0.2) is 4.98 Å². The van der Waals surface area contributed by atoms with Gasteiger partial charge in [-0.1, -0.05) is 19.0 Å². The van der Waals surface area contributed by atoms with Crippen molar-refractivity contribution in [3.63, 3.8) is 0 Å². The normalized spacial score (nSPS) is 12.6. The lowest BCUT2D eigenvalue weighted by Crippen LogP contribution is -2.23. The molecule has 0 saturated carbocycles. The fourth-order valence-electron chi connectivity index (χ4n) is 1.90. The van der Waals surface area contributed by atoms with Crippen molar-refractivity contribution >= 4 is 34.0 Å². The highest BCUT2D eigenvalue weighted by Crippen LogP contribution is 2.31. The van der Waals surface area contributed by atoms with Gasteiger partial charge in [-0.2, -0.15) is 0 Å². The summed E-state index contributed by atoms with van der Waals surface area (Å²) in [6.07, 6.45) is 3.15. The Morgan fingerprint density at radius 1 is 1.43 bits per heavy atom. The van der Waals surface area contributed by atoms with Crippen LogP contribution >= 0.6 is 23.7 Å². The number of nitrogens with zero attached hydrogens (tertiary/aromatic N) is 2. The molecule has 3 N–H and O–H groups in total. The van der Waals surface area contributed by atoms with Crippen molar-refractivity contribution in [1.82, 2.24) is 15.1 Å². The largest absolute Gasteiger partial charge is 0.364 e. The lowest BCUT2D eigenvalue weighted by atomic mass is 10.1. The first kappa shape index (κ1) is 15.7. The van der Waals surface area contributed by atoms with E-state index in [1.165, 1.54) is 11.3 Å². The topological polar surface area (TPSA) is 97.8 Å². The minimum atomic E-state index is -0.286. The van der Waals surface area contributed by atoms with Crippen molar-refractivity contribution in [3.8, 4) is 10.4 Å². The SMILES string of the molecule is CC(C)C(N)c1nc2cc(-c3cnoc3)sc2c(=O)[nH]1.Cl. The molecule has 0 bridgehead atoms. The summed E-state index contributed by atoms with van der Waals surface area (Å²) in [5, 5.41) is 3.67. The Bertz CT molecular complexity index is 794. The van der Waals surface area contributed by atoms with Crippen LogP contribution < -0.4 is 11.3 Å². The Labute approximate surface area is 130 Å². The van der Waals surface area contributed by atoms with Gasteiger partial charge in [0.25, 0.3) is 5.56 Å². The lowest BCUT2D eigenvalue weighted by Gasteiger charge is -2.13. The fraction of sp³-hybridized carbons (Fsp3) is 0.308. The van der Waals surface area contributed by atoms with Crippen molar-refractivity contribution < 1.29 is 4.52 Å². The maximum atomic E-state index is 12.1. The second-order valence-corrected chi connectivity index (χ2v) is 6.01. The molecule has 3 heterocycles. The summed E-state index contributed by atoms with van der Waals surface area (Å²) in [6, 6.07) is 1.57. The van der Waals surface area contributed by atoms with Gasteiger partial charge in [0.2, 0.25) is 0 Å². The van der Waals surface area contributed by atoms with E-state index in [2.05, 4.69) is 15.1 Å². The predicted molar refractivity (Wildman–Crippen MR) is 84.8 cm³/mol. The number of aromatic nitrogens is 3. The summed E-state index contributed by atoms with van der Waals surface area (Å²) in [5.74, 6) is 0.721. The van der Waals surface area contributed by atoms with Gasteiger partial charge in [0, 0.05) is 4.88 Å². The molecule has 0 fully saturated rings. The van der Waals surface area contributed by atoms with Crippen molar-refractivity contribution in [3.05, 3.63) is 34.7 Å². The molecule has 0 aliphatic heterocycles. The van der Waals surface area contributed by atoms with Crippen LogP contribution in [-0.2, 0) is 0 Å². The van der Waals surface area contributed by atoms with Gasteiger partial charge in [0.1, 0.15) is 16.8 Å². The molecule has 0 spiro atoms. The molecule has 0 radical (unpaired) electrons. The Hall–Kier alpha value is -1.70. The number of hydrogen-bond acceptors (Lipinski definition) is 6. The highest BCUT2D eigenvalue weighted by atomic mass is 35.5. The molecule has 1 atom stereocenters. The second-order valence-electron chi connectivity index (χ2n) is 4.96.